The van der Waals surface area contributed by atoms with Crippen LogP contribution in [0.25, 0.3) is 0 Å². The Hall–Kier alpha value is -2.56. The van der Waals surface area contributed by atoms with Gasteiger partial charge >= 0.3 is 0 Å². The molecule has 1 aromatic carbocycles. The van der Waals surface area contributed by atoms with Crippen LogP contribution in [0.4, 0.5) is 11.4 Å². The maximum atomic E-state index is 4.18. The van der Waals surface area contributed by atoms with Gasteiger partial charge in [0.05, 0.1) is 6.54 Å². The summed E-state index contributed by atoms with van der Waals surface area (Å²) in [6.07, 6.45) is 15.4. The fourth-order valence-corrected chi connectivity index (χ4v) is 4.03. The third-order valence-electron chi connectivity index (χ3n) is 5.60. The minimum absolute atomic E-state index is 0.734. The van der Waals surface area contributed by atoms with E-state index in [2.05, 4.69) is 45.0 Å². The largest absolute Gasteiger partial charge is 0.383 e. The van der Waals surface area contributed by atoms with Crippen LogP contribution >= 0.6 is 0 Å². The number of anilines is 2. The second-order valence-corrected chi connectivity index (χ2v) is 7.51. The van der Waals surface area contributed by atoms with Crippen molar-refractivity contribution in [2.75, 3.05) is 17.2 Å². The number of allylic oxidation sites excluding steroid dienone is 3. The molecule has 0 radical (unpaired) electrons. The lowest BCUT2D eigenvalue weighted by atomic mass is 9.97. The van der Waals surface area contributed by atoms with Crippen LogP contribution in [0.2, 0.25) is 0 Å². The SMILES string of the molecule is C1=C2CCc3cc(C4CC4)c(NCCn4cncn4)cc3NC2=CCC1. The van der Waals surface area contributed by atoms with Gasteiger partial charge in [0.25, 0.3) is 0 Å². The Morgan fingerprint density at radius 2 is 2.08 bits per heavy atom. The molecular formula is C21H25N5. The predicted octanol–water partition coefficient (Wildman–Crippen LogP) is 4.23. The molecule has 134 valence electrons. The van der Waals surface area contributed by atoms with Crippen LogP contribution in [-0.4, -0.2) is 21.3 Å². The fourth-order valence-electron chi connectivity index (χ4n) is 4.03. The zero-order valence-electron chi connectivity index (χ0n) is 15.0. The van der Waals surface area contributed by atoms with Crippen molar-refractivity contribution >= 4 is 11.4 Å². The van der Waals surface area contributed by atoms with Gasteiger partial charge in [-0.05, 0) is 67.2 Å². The molecule has 1 aliphatic heterocycles. The maximum Gasteiger partial charge on any atom is 0.137 e. The highest BCUT2D eigenvalue weighted by molar-refractivity contribution is 5.70. The predicted molar refractivity (Wildman–Crippen MR) is 104 cm³/mol. The maximum absolute atomic E-state index is 4.18. The molecule has 1 aromatic heterocycles. The van der Waals surface area contributed by atoms with Gasteiger partial charge in [-0.1, -0.05) is 18.2 Å². The van der Waals surface area contributed by atoms with E-state index in [0.29, 0.717) is 0 Å². The highest BCUT2D eigenvalue weighted by Gasteiger charge is 2.28. The molecular weight excluding hydrogens is 322 g/mol. The first kappa shape index (κ1) is 15.7. The third-order valence-corrected chi connectivity index (χ3v) is 5.60. The fraction of sp³-hybridized carbons (Fsp3) is 0.429. The molecule has 26 heavy (non-hydrogen) atoms. The van der Waals surface area contributed by atoms with E-state index in [-0.39, 0.29) is 0 Å². The number of aryl methyl sites for hydroxylation is 1. The summed E-state index contributed by atoms with van der Waals surface area (Å²) in [5, 5.41) is 11.6. The Kier molecular flexibility index (Phi) is 4.00. The number of rotatable bonds is 5. The van der Waals surface area contributed by atoms with Crippen LogP contribution in [0.5, 0.6) is 0 Å². The molecule has 1 saturated carbocycles. The van der Waals surface area contributed by atoms with Crippen molar-refractivity contribution in [1.82, 2.24) is 14.8 Å². The Bertz CT molecular complexity index is 859. The van der Waals surface area contributed by atoms with Crippen molar-refractivity contribution in [3.63, 3.8) is 0 Å². The zero-order valence-corrected chi connectivity index (χ0v) is 15.0. The van der Waals surface area contributed by atoms with Gasteiger partial charge in [0.2, 0.25) is 0 Å². The number of hydrogen-bond donors (Lipinski definition) is 2. The topological polar surface area (TPSA) is 54.8 Å². The zero-order chi connectivity index (χ0) is 17.3. The van der Waals surface area contributed by atoms with Crippen molar-refractivity contribution in [2.45, 2.75) is 51.0 Å². The molecule has 0 amide bonds. The summed E-state index contributed by atoms with van der Waals surface area (Å²) in [5.74, 6) is 0.734. The Morgan fingerprint density at radius 3 is 2.92 bits per heavy atom. The number of nitrogens with one attached hydrogen (secondary N) is 2. The van der Waals surface area contributed by atoms with Crippen LogP contribution in [0.3, 0.4) is 0 Å². The van der Waals surface area contributed by atoms with Gasteiger partial charge in [-0.15, -0.1) is 0 Å². The van der Waals surface area contributed by atoms with E-state index in [4.69, 9.17) is 0 Å². The summed E-state index contributed by atoms with van der Waals surface area (Å²) in [6, 6.07) is 4.79. The first-order valence-electron chi connectivity index (χ1n) is 9.76. The summed E-state index contributed by atoms with van der Waals surface area (Å²) in [4.78, 5) is 4.01. The van der Waals surface area contributed by atoms with E-state index in [0.717, 1.165) is 38.3 Å². The van der Waals surface area contributed by atoms with E-state index in [1.807, 2.05) is 4.68 Å². The smallest absolute Gasteiger partial charge is 0.137 e. The molecule has 2 heterocycles. The van der Waals surface area contributed by atoms with Crippen molar-refractivity contribution < 1.29 is 0 Å². The van der Waals surface area contributed by atoms with Gasteiger partial charge in [-0.25, -0.2) is 4.98 Å². The van der Waals surface area contributed by atoms with E-state index in [1.165, 1.54) is 53.0 Å². The lowest BCUT2D eigenvalue weighted by Crippen LogP contribution is -2.12. The highest BCUT2D eigenvalue weighted by Crippen LogP contribution is 2.46. The standard InChI is InChI=1S/C21H25N5/c1-2-4-19-16(3-1)7-8-17-11-18(15-5-6-15)21(12-20(17)25-19)23-9-10-26-14-22-13-24-26/h3-4,11-15,23,25H,1-2,5-10H2. The van der Waals surface area contributed by atoms with Crippen LogP contribution in [0, 0.1) is 0 Å². The van der Waals surface area contributed by atoms with Crippen LogP contribution < -0.4 is 10.6 Å². The Labute approximate surface area is 154 Å². The molecule has 0 unspecified atom stereocenters. The highest BCUT2D eigenvalue weighted by atomic mass is 15.3. The Balaban J connectivity index is 1.41. The molecule has 0 atom stereocenters. The molecule has 0 saturated heterocycles. The molecule has 5 rings (SSSR count). The number of nitrogens with zero attached hydrogens (tertiary/aromatic N) is 3. The average Bonchev–Trinajstić information content (AvgIpc) is 3.41. The van der Waals surface area contributed by atoms with Gasteiger partial charge < -0.3 is 10.6 Å². The lowest BCUT2D eigenvalue weighted by Gasteiger charge is -2.18. The molecule has 0 bridgehead atoms. The molecule has 3 aliphatic rings. The van der Waals surface area contributed by atoms with Gasteiger partial charge in [0, 0.05) is 23.6 Å². The summed E-state index contributed by atoms with van der Waals surface area (Å²) in [7, 11) is 0. The van der Waals surface area contributed by atoms with Crippen molar-refractivity contribution in [2.24, 2.45) is 0 Å². The van der Waals surface area contributed by atoms with Crippen molar-refractivity contribution in [1.29, 1.82) is 0 Å². The molecule has 0 spiro atoms. The second kappa shape index (κ2) is 6.63. The number of benzene rings is 1. The molecule has 5 nitrogen and oxygen atoms in total. The first-order chi connectivity index (χ1) is 12.9. The van der Waals surface area contributed by atoms with Crippen molar-refractivity contribution in [3.05, 3.63) is 59.3 Å². The molecule has 1 fully saturated rings. The summed E-state index contributed by atoms with van der Waals surface area (Å²) in [5.41, 5.74) is 8.32. The van der Waals surface area contributed by atoms with E-state index < -0.39 is 0 Å². The van der Waals surface area contributed by atoms with E-state index >= 15 is 0 Å². The number of aromatic nitrogens is 3. The van der Waals surface area contributed by atoms with Crippen molar-refractivity contribution in [3.8, 4) is 0 Å². The van der Waals surface area contributed by atoms with Gasteiger partial charge in [-0.2, -0.15) is 5.10 Å². The monoisotopic (exact) mass is 347 g/mol. The summed E-state index contributed by atoms with van der Waals surface area (Å²) in [6.45, 7) is 1.68. The second-order valence-electron chi connectivity index (χ2n) is 7.51. The molecule has 2 aromatic rings. The van der Waals surface area contributed by atoms with Crippen LogP contribution in [0.15, 0.2) is 48.2 Å². The normalized spacial score (nSPS) is 18.8. The molecule has 5 heteroatoms. The lowest BCUT2D eigenvalue weighted by molar-refractivity contribution is 0.636. The van der Waals surface area contributed by atoms with E-state index in [9.17, 15) is 0 Å². The average molecular weight is 347 g/mol. The Morgan fingerprint density at radius 1 is 1.15 bits per heavy atom. The van der Waals surface area contributed by atoms with Crippen LogP contribution in [-0.2, 0) is 13.0 Å². The molecule has 2 aliphatic carbocycles. The summed E-state index contributed by atoms with van der Waals surface area (Å²) >= 11 is 0. The number of hydrogen-bond acceptors (Lipinski definition) is 4. The third kappa shape index (κ3) is 3.14. The van der Waals surface area contributed by atoms with Gasteiger partial charge in [-0.3, -0.25) is 4.68 Å². The first-order valence-corrected chi connectivity index (χ1v) is 9.76. The van der Waals surface area contributed by atoms with E-state index in [1.54, 1.807) is 12.7 Å². The summed E-state index contributed by atoms with van der Waals surface area (Å²) < 4.78 is 1.87. The quantitative estimate of drug-likeness (QED) is 0.850. The van der Waals surface area contributed by atoms with Gasteiger partial charge in [0.1, 0.15) is 12.7 Å². The number of fused-ring (bicyclic) bond motifs is 2. The van der Waals surface area contributed by atoms with Crippen LogP contribution in [0.1, 0.15) is 49.1 Å². The molecule has 2 N–H and O–H groups in total. The minimum Gasteiger partial charge on any atom is -0.383 e. The minimum atomic E-state index is 0.734. The van der Waals surface area contributed by atoms with Gasteiger partial charge in [0.15, 0.2) is 0 Å².